The van der Waals surface area contributed by atoms with Crippen molar-refractivity contribution in [3.05, 3.63) is 35.9 Å². The average molecular weight is 263 g/mol. The molecule has 0 radical (unpaired) electrons. The van der Waals surface area contributed by atoms with E-state index in [9.17, 15) is 9.59 Å². The predicted octanol–water partition coefficient (Wildman–Crippen LogP) is 0.934. The highest BCUT2D eigenvalue weighted by atomic mass is 16.5. The van der Waals surface area contributed by atoms with Gasteiger partial charge in [0.15, 0.2) is 6.04 Å². The van der Waals surface area contributed by atoms with Gasteiger partial charge in [-0.1, -0.05) is 30.3 Å². The third-order valence-corrected chi connectivity index (χ3v) is 3.45. The Hall–Kier alpha value is -1.88. The molecular weight excluding hydrogens is 246 g/mol. The van der Waals surface area contributed by atoms with Gasteiger partial charge in [0.05, 0.1) is 12.0 Å². The fourth-order valence-corrected chi connectivity index (χ4v) is 2.17. The maximum absolute atomic E-state index is 12.3. The second-order valence-corrected chi connectivity index (χ2v) is 4.77. The highest BCUT2D eigenvalue weighted by Gasteiger charge is 2.51. The van der Waals surface area contributed by atoms with Crippen molar-refractivity contribution in [2.45, 2.75) is 24.3 Å². The van der Waals surface area contributed by atoms with Gasteiger partial charge in [-0.2, -0.15) is 0 Å². The zero-order valence-corrected chi connectivity index (χ0v) is 10.8. The molecule has 0 bridgehead atoms. The molecule has 1 aromatic carbocycles. The van der Waals surface area contributed by atoms with Crippen LogP contribution in [0.15, 0.2) is 30.3 Å². The molecule has 2 rings (SSSR count). The third-order valence-electron chi connectivity index (χ3n) is 3.45. The number of benzene rings is 1. The van der Waals surface area contributed by atoms with Gasteiger partial charge in [-0.3, -0.25) is 4.79 Å². The van der Waals surface area contributed by atoms with Gasteiger partial charge < -0.3 is 15.2 Å². The van der Waals surface area contributed by atoms with E-state index < -0.39 is 17.4 Å². The number of hydrogen-bond donors (Lipinski definition) is 2. The van der Waals surface area contributed by atoms with E-state index >= 15 is 0 Å². The van der Waals surface area contributed by atoms with Crippen molar-refractivity contribution < 1.29 is 19.4 Å². The number of carboxylic acids is 1. The molecule has 102 valence electrons. The lowest BCUT2D eigenvalue weighted by Gasteiger charge is -2.19. The smallest absolute Gasteiger partial charge is 0.328 e. The largest absolute Gasteiger partial charge is 0.480 e. The zero-order chi connectivity index (χ0) is 13.9. The van der Waals surface area contributed by atoms with Crippen LogP contribution < -0.4 is 5.32 Å². The Morgan fingerprint density at radius 2 is 2.00 bits per heavy atom. The molecule has 5 nitrogen and oxygen atoms in total. The van der Waals surface area contributed by atoms with E-state index in [1.807, 2.05) is 30.3 Å². The molecule has 1 unspecified atom stereocenters. The van der Waals surface area contributed by atoms with Crippen molar-refractivity contribution >= 4 is 11.9 Å². The minimum absolute atomic E-state index is 0.0358. The van der Waals surface area contributed by atoms with E-state index in [1.165, 1.54) is 7.11 Å². The lowest BCUT2D eigenvalue weighted by molar-refractivity contribution is -0.143. The van der Waals surface area contributed by atoms with Crippen LogP contribution in [0.2, 0.25) is 0 Å². The summed E-state index contributed by atoms with van der Waals surface area (Å²) in [7, 11) is 1.41. The first kappa shape index (κ1) is 13.5. The predicted molar refractivity (Wildman–Crippen MR) is 68.8 cm³/mol. The number of nitrogens with one attached hydrogen (secondary N) is 1. The first-order chi connectivity index (χ1) is 9.10. The van der Waals surface area contributed by atoms with Crippen molar-refractivity contribution in [3.63, 3.8) is 0 Å². The van der Waals surface area contributed by atoms with Crippen molar-refractivity contribution in [1.29, 1.82) is 0 Å². The second-order valence-electron chi connectivity index (χ2n) is 4.77. The van der Waals surface area contributed by atoms with Gasteiger partial charge in [0, 0.05) is 7.11 Å². The SMILES string of the molecule is COCC(NC(=O)C1(c2ccccc2)CC1)C(=O)O. The van der Waals surface area contributed by atoms with Crippen molar-refractivity contribution in [2.24, 2.45) is 0 Å². The molecular formula is C14H17NO4. The molecule has 1 aliphatic rings. The molecule has 5 heteroatoms. The summed E-state index contributed by atoms with van der Waals surface area (Å²) in [4.78, 5) is 23.3. The average Bonchev–Trinajstić information content (AvgIpc) is 3.20. The minimum atomic E-state index is -1.08. The fourth-order valence-electron chi connectivity index (χ4n) is 2.17. The van der Waals surface area contributed by atoms with Crippen molar-refractivity contribution in [3.8, 4) is 0 Å². The molecule has 2 N–H and O–H groups in total. The molecule has 1 aromatic rings. The number of rotatable bonds is 6. The summed E-state index contributed by atoms with van der Waals surface area (Å²) in [5, 5.41) is 11.6. The van der Waals surface area contributed by atoms with Crippen LogP contribution in [0.25, 0.3) is 0 Å². The topological polar surface area (TPSA) is 75.6 Å². The van der Waals surface area contributed by atoms with Gasteiger partial charge in [0.2, 0.25) is 5.91 Å². The summed E-state index contributed by atoms with van der Waals surface area (Å²) >= 11 is 0. The third kappa shape index (κ3) is 2.76. The van der Waals surface area contributed by atoms with Crippen LogP contribution >= 0.6 is 0 Å². The molecule has 19 heavy (non-hydrogen) atoms. The highest BCUT2D eigenvalue weighted by Crippen LogP contribution is 2.48. The maximum Gasteiger partial charge on any atom is 0.328 e. The number of carbonyl (C=O) groups is 2. The van der Waals surface area contributed by atoms with Crippen LogP contribution in [0.4, 0.5) is 0 Å². The molecule has 1 amide bonds. The molecule has 0 aliphatic heterocycles. The summed E-state index contributed by atoms with van der Waals surface area (Å²) in [6, 6.07) is 8.46. The lowest BCUT2D eigenvalue weighted by Crippen LogP contribution is -2.47. The quantitative estimate of drug-likeness (QED) is 0.800. The Balaban J connectivity index is 2.10. The number of carbonyl (C=O) groups excluding carboxylic acids is 1. The molecule has 1 saturated carbocycles. The number of methoxy groups -OCH3 is 1. The van der Waals surface area contributed by atoms with Gasteiger partial charge in [0.25, 0.3) is 0 Å². The summed E-state index contributed by atoms with van der Waals surface area (Å²) in [5.74, 6) is -1.32. The van der Waals surface area contributed by atoms with Crippen LogP contribution in [-0.2, 0) is 19.7 Å². The number of hydrogen-bond acceptors (Lipinski definition) is 3. The molecule has 0 heterocycles. The monoisotopic (exact) mass is 263 g/mol. The normalized spacial score (nSPS) is 17.5. The van der Waals surface area contributed by atoms with Crippen LogP contribution in [0, 0.1) is 0 Å². The Labute approximate surface area is 111 Å². The van der Waals surface area contributed by atoms with Gasteiger partial charge >= 0.3 is 5.97 Å². The Morgan fingerprint density at radius 1 is 1.37 bits per heavy atom. The number of carboxylic acid groups (broad SMARTS) is 1. The van der Waals surface area contributed by atoms with Gasteiger partial charge in [-0.05, 0) is 18.4 Å². The van der Waals surface area contributed by atoms with Crippen molar-refractivity contribution in [1.82, 2.24) is 5.32 Å². The fraction of sp³-hybridized carbons (Fsp3) is 0.429. The Kier molecular flexibility index (Phi) is 3.85. The Morgan fingerprint density at radius 3 is 2.47 bits per heavy atom. The standard InChI is InChI=1S/C14H17NO4/c1-19-9-11(12(16)17)15-13(18)14(7-8-14)10-5-3-2-4-6-10/h2-6,11H,7-9H2,1H3,(H,15,18)(H,16,17). The first-order valence-corrected chi connectivity index (χ1v) is 6.18. The van der Waals surface area contributed by atoms with Crippen molar-refractivity contribution in [2.75, 3.05) is 13.7 Å². The number of aliphatic carboxylic acids is 1. The maximum atomic E-state index is 12.3. The van der Waals surface area contributed by atoms with E-state index in [-0.39, 0.29) is 12.5 Å². The summed E-state index contributed by atoms with van der Waals surface area (Å²) < 4.78 is 4.81. The van der Waals surface area contributed by atoms with Crippen LogP contribution in [-0.4, -0.2) is 36.7 Å². The number of amides is 1. The van der Waals surface area contributed by atoms with Gasteiger partial charge in [-0.15, -0.1) is 0 Å². The van der Waals surface area contributed by atoms with Gasteiger partial charge in [0.1, 0.15) is 0 Å². The summed E-state index contributed by atoms with van der Waals surface area (Å²) in [5.41, 5.74) is 0.386. The minimum Gasteiger partial charge on any atom is -0.480 e. The molecule has 1 aliphatic carbocycles. The molecule has 1 atom stereocenters. The molecule has 0 spiro atoms. The van der Waals surface area contributed by atoms with E-state index in [1.54, 1.807) is 0 Å². The van der Waals surface area contributed by atoms with E-state index in [0.717, 1.165) is 18.4 Å². The van der Waals surface area contributed by atoms with Gasteiger partial charge in [-0.25, -0.2) is 4.79 Å². The van der Waals surface area contributed by atoms with Crippen LogP contribution in [0.5, 0.6) is 0 Å². The summed E-state index contributed by atoms with van der Waals surface area (Å²) in [6.45, 7) is -0.0358. The highest BCUT2D eigenvalue weighted by molar-refractivity contribution is 5.94. The van der Waals surface area contributed by atoms with Crippen LogP contribution in [0.3, 0.4) is 0 Å². The number of ether oxygens (including phenoxy) is 1. The zero-order valence-electron chi connectivity index (χ0n) is 10.8. The Bertz CT molecular complexity index is 468. The molecule has 0 saturated heterocycles. The second kappa shape index (κ2) is 5.40. The molecule has 0 aromatic heterocycles. The van der Waals surface area contributed by atoms with E-state index in [0.29, 0.717) is 0 Å². The molecule has 1 fully saturated rings. The van der Waals surface area contributed by atoms with E-state index in [4.69, 9.17) is 9.84 Å². The summed E-state index contributed by atoms with van der Waals surface area (Å²) in [6.07, 6.45) is 1.50. The lowest BCUT2D eigenvalue weighted by atomic mass is 9.95. The van der Waals surface area contributed by atoms with Crippen LogP contribution in [0.1, 0.15) is 18.4 Å². The van der Waals surface area contributed by atoms with E-state index in [2.05, 4.69) is 5.32 Å². The first-order valence-electron chi connectivity index (χ1n) is 6.18.